The smallest absolute Gasteiger partial charge is 0.264 e. The molecule has 0 spiro atoms. The number of benzene rings is 4. The molecule has 2 N–H and O–H groups in total. The summed E-state index contributed by atoms with van der Waals surface area (Å²) in [6, 6.07) is 24.2. The van der Waals surface area contributed by atoms with E-state index in [1.165, 1.54) is 48.5 Å². The fourth-order valence-corrected chi connectivity index (χ4v) is 6.66. The number of carbonyl (C=O) groups excluding carboxylic acids is 1. The summed E-state index contributed by atoms with van der Waals surface area (Å²) in [4.78, 5) is 12.9. The van der Waals surface area contributed by atoms with E-state index in [-0.39, 0.29) is 31.2 Å². The van der Waals surface area contributed by atoms with Crippen molar-refractivity contribution in [2.45, 2.75) is 9.79 Å². The number of nitrogens with one attached hydrogen (secondary N) is 2. The molecule has 4 aromatic carbocycles. The van der Waals surface area contributed by atoms with Gasteiger partial charge in [-0.25, -0.2) is 16.8 Å². The number of hydrogen-bond donors (Lipinski definition) is 2. The SMILES string of the molecule is O=C(CN(c1ccc(Br)cc1)S(=O)(=O)c1ccccc1)Nc1ccc(S(=O)(=O)Nc2cccc(Cl)c2Cl)cc1. The molecule has 39 heavy (non-hydrogen) atoms. The lowest BCUT2D eigenvalue weighted by atomic mass is 10.3. The van der Waals surface area contributed by atoms with Gasteiger partial charge in [-0.15, -0.1) is 0 Å². The number of nitrogens with zero attached hydrogens (tertiary/aromatic N) is 1. The molecule has 0 atom stereocenters. The molecule has 0 fully saturated rings. The first kappa shape index (κ1) is 28.9. The molecule has 202 valence electrons. The lowest BCUT2D eigenvalue weighted by molar-refractivity contribution is -0.114. The van der Waals surface area contributed by atoms with Gasteiger partial charge >= 0.3 is 0 Å². The molecule has 0 unspecified atom stereocenters. The highest BCUT2D eigenvalue weighted by molar-refractivity contribution is 9.10. The third kappa shape index (κ3) is 6.92. The number of halogens is 3. The fourth-order valence-electron chi connectivity index (χ4n) is 3.48. The summed E-state index contributed by atoms with van der Waals surface area (Å²) in [6.07, 6.45) is 0. The quantitative estimate of drug-likeness (QED) is 0.215. The third-order valence-electron chi connectivity index (χ3n) is 5.38. The summed E-state index contributed by atoms with van der Waals surface area (Å²) in [5.74, 6) is -0.628. The van der Waals surface area contributed by atoms with Gasteiger partial charge in [0.15, 0.2) is 0 Å². The summed E-state index contributed by atoms with van der Waals surface area (Å²) in [5.41, 5.74) is 0.686. The Balaban J connectivity index is 1.52. The molecule has 4 rings (SSSR count). The standard InChI is InChI=1S/C26H20BrCl2N3O5S2/c27-18-9-13-20(14-10-18)32(39(36,37)22-5-2-1-3-6-22)17-25(33)30-19-11-15-21(16-12-19)38(34,35)31-24-8-4-7-23(28)26(24)29/h1-16,31H,17H2,(H,30,33). The molecule has 0 radical (unpaired) electrons. The van der Waals surface area contributed by atoms with Gasteiger partial charge in [0.05, 0.1) is 31.2 Å². The van der Waals surface area contributed by atoms with Crippen LogP contribution in [0.4, 0.5) is 17.1 Å². The first-order chi connectivity index (χ1) is 18.5. The number of sulfonamides is 2. The molecule has 1 amide bonds. The van der Waals surface area contributed by atoms with Crippen LogP contribution in [0.25, 0.3) is 0 Å². The second-order valence-corrected chi connectivity index (χ2v) is 13.3. The molecule has 8 nitrogen and oxygen atoms in total. The minimum Gasteiger partial charge on any atom is -0.325 e. The van der Waals surface area contributed by atoms with Crippen molar-refractivity contribution >= 4 is 82.1 Å². The van der Waals surface area contributed by atoms with E-state index in [0.717, 1.165) is 8.78 Å². The van der Waals surface area contributed by atoms with Crippen LogP contribution in [0, 0.1) is 0 Å². The van der Waals surface area contributed by atoms with E-state index in [4.69, 9.17) is 23.2 Å². The van der Waals surface area contributed by atoms with Gasteiger partial charge in [0, 0.05) is 10.2 Å². The second kappa shape index (κ2) is 12.0. The van der Waals surface area contributed by atoms with Crippen molar-refractivity contribution in [1.82, 2.24) is 0 Å². The molecular weight excluding hydrogens is 649 g/mol. The van der Waals surface area contributed by atoms with Crippen LogP contribution in [-0.2, 0) is 24.8 Å². The van der Waals surface area contributed by atoms with E-state index < -0.39 is 32.5 Å². The highest BCUT2D eigenvalue weighted by Crippen LogP contribution is 2.31. The minimum atomic E-state index is -4.07. The van der Waals surface area contributed by atoms with Crippen LogP contribution >= 0.6 is 39.1 Å². The second-order valence-electron chi connectivity index (χ2n) is 8.08. The topological polar surface area (TPSA) is 113 Å². The van der Waals surface area contributed by atoms with Crippen molar-refractivity contribution in [2.75, 3.05) is 20.9 Å². The zero-order valence-electron chi connectivity index (χ0n) is 19.9. The Labute approximate surface area is 244 Å². The largest absolute Gasteiger partial charge is 0.325 e. The molecular formula is C26H20BrCl2N3O5S2. The lowest BCUT2D eigenvalue weighted by Gasteiger charge is -2.24. The highest BCUT2D eigenvalue weighted by Gasteiger charge is 2.27. The van der Waals surface area contributed by atoms with E-state index in [0.29, 0.717) is 5.69 Å². The summed E-state index contributed by atoms with van der Waals surface area (Å²) >= 11 is 15.4. The monoisotopic (exact) mass is 667 g/mol. The lowest BCUT2D eigenvalue weighted by Crippen LogP contribution is -2.38. The Morgan fingerprint density at radius 3 is 2.05 bits per heavy atom. The Bertz CT molecular complexity index is 1700. The van der Waals surface area contributed by atoms with Crippen LogP contribution in [0.3, 0.4) is 0 Å². The van der Waals surface area contributed by atoms with Crippen LogP contribution in [0.15, 0.2) is 111 Å². The van der Waals surface area contributed by atoms with Gasteiger partial charge in [0.1, 0.15) is 6.54 Å². The minimum absolute atomic E-state index is 0.0302. The van der Waals surface area contributed by atoms with E-state index >= 15 is 0 Å². The van der Waals surface area contributed by atoms with Crippen LogP contribution in [0.5, 0.6) is 0 Å². The molecule has 0 aliphatic rings. The molecule has 0 bridgehead atoms. The Kier molecular flexibility index (Phi) is 8.87. The zero-order chi connectivity index (χ0) is 28.2. The molecule has 4 aromatic rings. The number of rotatable bonds is 9. The van der Waals surface area contributed by atoms with Crippen LogP contribution < -0.4 is 14.3 Å². The van der Waals surface area contributed by atoms with Gasteiger partial charge < -0.3 is 5.32 Å². The van der Waals surface area contributed by atoms with Crippen molar-refractivity contribution in [1.29, 1.82) is 0 Å². The molecule has 13 heteroatoms. The van der Waals surface area contributed by atoms with E-state index in [1.54, 1.807) is 48.5 Å². The Morgan fingerprint density at radius 1 is 0.769 bits per heavy atom. The fraction of sp³-hybridized carbons (Fsp3) is 0.0385. The maximum absolute atomic E-state index is 13.4. The normalized spacial score (nSPS) is 11.6. The van der Waals surface area contributed by atoms with Crippen molar-refractivity contribution < 1.29 is 21.6 Å². The molecule has 0 aliphatic heterocycles. The molecule has 0 heterocycles. The molecule has 0 saturated heterocycles. The maximum atomic E-state index is 13.4. The van der Waals surface area contributed by atoms with E-state index in [2.05, 4.69) is 26.0 Å². The average Bonchev–Trinajstić information content (AvgIpc) is 2.91. The average molecular weight is 669 g/mol. The van der Waals surface area contributed by atoms with Gasteiger partial charge in [-0.2, -0.15) is 0 Å². The predicted octanol–water partition coefficient (Wildman–Crippen LogP) is 6.39. The first-order valence-corrected chi connectivity index (χ1v) is 15.6. The number of hydrogen-bond acceptors (Lipinski definition) is 5. The maximum Gasteiger partial charge on any atom is 0.264 e. The van der Waals surface area contributed by atoms with Crippen LogP contribution in [0.1, 0.15) is 0 Å². The Morgan fingerprint density at radius 2 is 1.41 bits per heavy atom. The van der Waals surface area contributed by atoms with Gasteiger partial charge in [-0.1, -0.05) is 63.4 Å². The molecule has 0 aliphatic carbocycles. The van der Waals surface area contributed by atoms with Crippen molar-refractivity contribution in [3.63, 3.8) is 0 Å². The van der Waals surface area contributed by atoms with Crippen molar-refractivity contribution in [3.8, 4) is 0 Å². The predicted molar refractivity (Wildman–Crippen MR) is 157 cm³/mol. The van der Waals surface area contributed by atoms with Gasteiger partial charge in [-0.05, 0) is 72.8 Å². The summed E-state index contributed by atoms with van der Waals surface area (Å²) in [6.45, 7) is -0.520. The van der Waals surface area contributed by atoms with Crippen molar-refractivity contribution in [3.05, 3.63) is 112 Å². The zero-order valence-corrected chi connectivity index (χ0v) is 24.6. The van der Waals surface area contributed by atoms with Gasteiger partial charge in [-0.3, -0.25) is 13.8 Å². The van der Waals surface area contributed by atoms with Gasteiger partial charge in [0.2, 0.25) is 5.91 Å². The van der Waals surface area contributed by atoms with E-state index in [1.807, 2.05) is 0 Å². The molecule has 0 aromatic heterocycles. The summed E-state index contributed by atoms with van der Waals surface area (Å²) in [7, 11) is -8.07. The summed E-state index contributed by atoms with van der Waals surface area (Å²) in [5, 5.41) is 2.87. The Hall–Kier alpha value is -3.09. The summed E-state index contributed by atoms with van der Waals surface area (Å²) < 4.78 is 56.5. The number of amides is 1. The number of anilines is 3. The first-order valence-electron chi connectivity index (χ1n) is 11.2. The third-order valence-corrected chi connectivity index (χ3v) is 9.89. The number of carbonyl (C=O) groups is 1. The van der Waals surface area contributed by atoms with Crippen molar-refractivity contribution in [2.24, 2.45) is 0 Å². The molecule has 0 saturated carbocycles. The van der Waals surface area contributed by atoms with Crippen LogP contribution in [0.2, 0.25) is 10.0 Å². The highest BCUT2D eigenvalue weighted by atomic mass is 79.9. The van der Waals surface area contributed by atoms with Crippen LogP contribution in [-0.4, -0.2) is 29.3 Å². The van der Waals surface area contributed by atoms with Gasteiger partial charge in [0.25, 0.3) is 20.0 Å². The van der Waals surface area contributed by atoms with E-state index in [9.17, 15) is 21.6 Å².